The maximum Gasteiger partial charge on any atom is 0.261 e. The smallest absolute Gasteiger partial charge is 0.261 e. The van der Waals surface area contributed by atoms with Gasteiger partial charge >= 0.3 is 0 Å². The molecule has 0 saturated carbocycles. The van der Waals surface area contributed by atoms with Gasteiger partial charge in [-0.25, -0.2) is 0 Å². The molecule has 1 aromatic carbocycles. The van der Waals surface area contributed by atoms with Crippen molar-refractivity contribution < 1.29 is 14.4 Å². The second-order valence-corrected chi connectivity index (χ2v) is 6.52. The molecule has 6 heteroatoms. The number of hydrogen-bond donors (Lipinski definition) is 1. The molecule has 0 aliphatic heterocycles. The molecule has 0 saturated heterocycles. The maximum atomic E-state index is 9.92. The Morgan fingerprint density at radius 3 is 2.60 bits per heavy atom. The molecular formula is C14H17BrN2O3. The molecule has 5 nitrogen and oxygen atoms in total. The van der Waals surface area contributed by atoms with Crippen LogP contribution in [-0.4, -0.2) is 22.4 Å². The molecule has 0 amide bonds. The second kappa shape index (κ2) is 5.54. The summed E-state index contributed by atoms with van der Waals surface area (Å²) in [5.74, 6) is 0.827. The first-order valence-corrected chi connectivity index (χ1v) is 6.97. The van der Waals surface area contributed by atoms with Crippen molar-refractivity contribution in [3.8, 4) is 17.2 Å². The summed E-state index contributed by atoms with van der Waals surface area (Å²) in [6.07, 6.45) is -0.280. The third kappa shape index (κ3) is 3.02. The van der Waals surface area contributed by atoms with Crippen LogP contribution in [0.25, 0.3) is 11.5 Å². The van der Waals surface area contributed by atoms with E-state index in [1.165, 1.54) is 0 Å². The molecule has 0 aliphatic carbocycles. The Hall–Kier alpha value is -1.40. The summed E-state index contributed by atoms with van der Waals surface area (Å²) in [6.45, 7) is 6.11. The zero-order valence-corrected chi connectivity index (χ0v) is 13.4. The summed E-state index contributed by atoms with van der Waals surface area (Å²) in [7, 11) is 1.61. The third-order valence-electron chi connectivity index (χ3n) is 2.89. The van der Waals surface area contributed by atoms with E-state index in [1.54, 1.807) is 25.3 Å². The Morgan fingerprint density at radius 1 is 1.35 bits per heavy atom. The van der Waals surface area contributed by atoms with Gasteiger partial charge < -0.3 is 14.4 Å². The number of benzene rings is 1. The van der Waals surface area contributed by atoms with E-state index in [-0.39, 0.29) is 23.2 Å². The summed E-state index contributed by atoms with van der Waals surface area (Å²) >= 11 is 3.29. The predicted octanol–water partition coefficient (Wildman–Crippen LogP) is 3.94. The monoisotopic (exact) mass is 340 g/mol. The first-order chi connectivity index (χ1) is 9.32. The van der Waals surface area contributed by atoms with Gasteiger partial charge in [0.05, 0.1) is 5.56 Å². The van der Waals surface area contributed by atoms with Crippen molar-refractivity contribution in [1.82, 2.24) is 10.1 Å². The number of halogens is 1. The number of rotatable bonds is 3. The quantitative estimate of drug-likeness (QED) is 0.916. The molecule has 0 bridgehead atoms. The van der Waals surface area contributed by atoms with Gasteiger partial charge in [0.25, 0.3) is 5.89 Å². The Labute approximate surface area is 126 Å². The van der Waals surface area contributed by atoms with Crippen molar-refractivity contribution in [2.24, 2.45) is 5.41 Å². The zero-order chi connectivity index (χ0) is 14.9. The molecule has 108 valence electrons. The first-order valence-electron chi connectivity index (χ1n) is 6.18. The molecule has 0 spiro atoms. The minimum absolute atomic E-state index is 0.0827. The van der Waals surface area contributed by atoms with Gasteiger partial charge in [-0.3, -0.25) is 0 Å². The van der Waals surface area contributed by atoms with Crippen molar-refractivity contribution in [3.05, 3.63) is 28.5 Å². The molecule has 0 fully saturated rings. The van der Waals surface area contributed by atoms with E-state index in [0.717, 1.165) is 4.47 Å². The van der Waals surface area contributed by atoms with Crippen LogP contribution < -0.4 is 0 Å². The van der Waals surface area contributed by atoms with Crippen molar-refractivity contribution in [2.75, 3.05) is 7.11 Å². The molecule has 1 heterocycles. The number of methoxy groups -OCH3 is 1. The summed E-state index contributed by atoms with van der Waals surface area (Å²) in [6, 6.07) is 5.10. The fourth-order valence-electron chi connectivity index (χ4n) is 1.98. The van der Waals surface area contributed by atoms with E-state index in [9.17, 15) is 5.11 Å². The molecule has 1 unspecified atom stereocenters. The van der Waals surface area contributed by atoms with Gasteiger partial charge in [0.1, 0.15) is 11.9 Å². The molecule has 2 rings (SSSR count). The van der Waals surface area contributed by atoms with E-state index in [1.807, 2.05) is 20.8 Å². The van der Waals surface area contributed by atoms with E-state index >= 15 is 0 Å². The third-order valence-corrected chi connectivity index (χ3v) is 3.38. The molecule has 20 heavy (non-hydrogen) atoms. The van der Waals surface area contributed by atoms with Gasteiger partial charge in [-0.15, -0.1) is 0 Å². The van der Waals surface area contributed by atoms with Crippen LogP contribution >= 0.6 is 15.9 Å². The lowest BCUT2D eigenvalue weighted by molar-refractivity contribution is 0.00718. The summed E-state index contributed by atoms with van der Waals surface area (Å²) in [5, 5.41) is 13.9. The van der Waals surface area contributed by atoms with Crippen molar-refractivity contribution in [1.29, 1.82) is 0 Å². The van der Waals surface area contributed by atoms with Gasteiger partial charge in [0, 0.05) is 11.6 Å². The van der Waals surface area contributed by atoms with Crippen LogP contribution in [0.2, 0.25) is 0 Å². The van der Waals surface area contributed by atoms with Crippen LogP contribution in [-0.2, 0) is 4.74 Å². The minimum Gasteiger partial charge on any atom is -0.507 e. The van der Waals surface area contributed by atoms with Gasteiger partial charge in [0.2, 0.25) is 5.82 Å². The van der Waals surface area contributed by atoms with E-state index < -0.39 is 0 Å². The molecule has 1 atom stereocenters. The molecule has 1 aromatic heterocycles. The second-order valence-electron chi connectivity index (χ2n) is 5.60. The van der Waals surface area contributed by atoms with Gasteiger partial charge in [0.15, 0.2) is 0 Å². The molecular weight excluding hydrogens is 324 g/mol. The van der Waals surface area contributed by atoms with Crippen LogP contribution in [0, 0.1) is 5.41 Å². The van der Waals surface area contributed by atoms with Crippen molar-refractivity contribution >= 4 is 15.9 Å². The topological polar surface area (TPSA) is 68.4 Å². The summed E-state index contributed by atoms with van der Waals surface area (Å²) in [5.41, 5.74) is 0.341. The van der Waals surface area contributed by atoms with Crippen LogP contribution in [0.3, 0.4) is 0 Å². The van der Waals surface area contributed by atoms with Crippen LogP contribution in [0.5, 0.6) is 5.75 Å². The predicted molar refractivity (Wildman–Crippen MR) is 78.3 cm³/mol. The lowest BCUT2D eigenvalue weighted by atomic mass is 9.88. The normalized spacial score (nSPS) is 13.4. The highest BCUT2D eigenvalue weighted by atomic mass is 79.9. The Morgan fingerprint density at radius 2 is 2.05 bits per heavy atom. The highest BCUT2D eigenvalue weighted by Gasteiger charge is 2.31. The molecule has 0 radical (unpaired) electrons. The van der Waals surface area contributed by atoms with E-state index in [4.69, 9.17) is 9.26 Å². The van der Waals surface area contributed by atoms with Gasteiger partial charge in [-0.1, -0.05) is 41.9 Å². The van der Waals surface area contributed by atoms with Crippen LogP contribution in [0.15, 0.2) is 27.2 Å². The Bertz CT molecular complexity index is 605. The fourth-order valence-corrected chi connectivity index (χ4v) is 2.33. The number of phenolic OH excluding ortho intramolecular Hbond substituents is 1. The van der Waals surface area contributed by atoms with Crippen LogP contribution in [0.4, 0.5) is 0 Å². The number of ether oxygens (including phenoxy) is 1. The average molecular weight is 341 g/mol. The van der Waals surface area contributed by atoms with Crippen LogP contribution in [0.1, 0.15) is 32.7 Å². The summed E-state index contributed by atoms with van der Waals surface area (Å²) in [4.78, 5) is 4.33. The number of nitrogens with zero attached hydrogens (tertiary/aromatic N) is 2. The number of phenols is 1. The minimum atomic E-state index is -0.280. The SMILES string of the molecule is COC(c1noc(-c2ccc(Br)cc2O)n1)C(C)(C)C. The zero-order valence-electron chi connectivity index (χ0n) is 11.8. The Kier molecular flexibility index (Phi) is 4.15. The fraction of sp³-hybridized carbons (Fsp3) is 0.429. The number of hydrogen-bond acceptors (Lipinski definition) is 5. The largest absolute Gasteiger partial charge is 0.507 e. The van der Waals surface area contributed by atoms with E-state index in [2.05, 4.69) is 26.1 Å². The summed E-state index contributed by atoms with van der Waals surface area (Å²) < 4.78 is 11.5. The van der Waals surface area contributed by atoms with Crippen molar-refractivity contribution in [2.45, 2.75) is 26.9 Å². The maximum absolute atomic E-state index is 9.92. The van der Waals surface area contributed by atoms with Crippen molar-refractivity contribution in [3.63, 3.8) is 0 Å². The average Bonchev–Trinajstić information content (AvgIpc) is 2.77. The highest BCUT2D eigenvalue weighted by Crippen LogP contribution is 2.36. The van der Waals surface area contributed by atoms with E-state index in [0.29, 0.717) is 11.4 Å². The Balaban J connectivity index is 2.38. The molecule has 1 N–H and O–H groups in total. The number of aromatic nitrogens is 2. The first kappa shape index (κ1) is 15.0. The number of aromatic hydroxyl groups is 1. The highest BCUT2D eigenvalue weighted by molar-refractivity contribution is 9.10. The molecule has 0 aliphatic rings. The molecule has 2 aromatic rings. The lowest BCUT2D eigenvalue weighted by Gasteiger charge is -2.26. The standard InChI is InChI=1S/C14H17BrN2O3/c1-14(2,3)11(19-4)12-16-13(20-17-12)9-6-5-8(15)7-10(9)18/h5-7,11,18H,1-4H3. The van der Waals surface area contributed by atoms with Gasteiger partial charge in [-0.05, 0) is 23.6 Å². The van der Waals surface area contributed by atoms with Gasteiger partial charge in [-0.2, -0.15) is 4.98 Å². The lowest BCUT2D eigenvalue weighted by Crippen LogP contribution is -2.21.